The van der Waals surface area contributed by atoms with E-state index in [9.17, 15) is 58.8 Å². The molecule has 126 heavy (non-hydrogen) atoms. The maximum absolute atomic E-state index is 13.7. The molecule has 1 saturated heterocycles. The summed E-state index contributed by atoms with van der Waals surface area (Å²) >= 11 is 0. The number of aliphatic hydroxyl groups is 3. The zero-order valence-corrected chi connectivity index (χ0v) is 74.3. The van der Waals surface area contributed by atoms with Gasteiger partial charge in [0, 0.05) is 51.4 Å². The molecule has 0 bridgehead atoms. The molecule has 2 aliphatic rings. The molecule has 0 spiro atoms. The molecule has 43 nitrogen and oxygen atoms in total. The minimum Gasteiger partial charge on any atom is -0.479 e. The van der Waals surface area contributed by atoms with E-state index in [0.717, 1.165) is 17.1 Å². The Labute approximate surface area is 738 Å². The van der Waals surface area contributed by atoms with E-state index < -0.39 is 102 Å². The van der Waals surface area contributed by atoms with E-state index >= 15 is 0 Å². The van der Waals surface area contributed by atoms with Crippen molar-refractivity contribution in [3.63, 3.8) is 0 Å². The van der Waals surface area contributed by atoms with Crippen LogP contribution in [0.1, 0.15) is 51.7 Å². The number of esters is 1. The summed E-state index contributed by atoms with van der Waals surface area (Å²) in [5.41, 5.74) is 1.23. The molecular weight excluding hydrogens is 1670 g/mol. The van der Waals surface area contributed by atoms with Gasteiger partial charge in [-0.15, -0.1) is 0 Å². The summed E-state index contributed by atoms with van der Waals surface area (Å²) in [7, 11) is 1.64. The topological polar surface area (TPSA) is 500 Å². The van der Waals surface area contributed by atoms with E-state index in [1.165, 1.54) is 24.8 Å². The number of rotatable bonds is 89. The molecule has 0 unspecified atom stereocenters. The van der Waals surface area contributed by atoms with Gasteiger partial charge in [-0.05, 0) is 48.9 Å². The number of ether oxygens (including phenoxy) is 26. The SMILES string of the molecule is COCCOCCOCCOCCOCCOCCOCCOCCOCCOCCOCCOCCOCCOCCOCCOCCOCCOCCOCCOCCOCCOCCOCCOCCN(CCC(=O)N[C@H](C(=O)N[C@@H](C)C(=O)Nc1ccc(COC(C)=O)c(CC[C@@H]2O[C@H](C(=O)O)[C@@H](O)[C@H](O)[C@H]2O)c1)C(C)C)C(=O)CN1C(=O)C=CC1=O. The number of methoxy groups -OCH3 is 1. The second-order valence-corrected chi connectivity index (χ2v) is 28.0. The number of carboxylic acid groups (broad SMARTS) is 1. The number of hydrogen-bond donors (Lipinski definition) is 7. The van der Waals surface area contributed by atoms with E-state index in [4.69, 9.17) is 123 Å². The Kier molecular flexibility index (Phi) is 71.1. The van der Waals surface area contributed by atoms with Gasteiger partial charge in [0.25, 0.3) is 11.8 Å². The minimum absolute atomic E-state index is 0.00436. The molecule has 728 valence electrons. The fourth-order valence-corrected chi connectivity index (χ4v) is 11.0. The lowest BCUT2D eigenvalue weighted by atomic mass is 9.91. The van der Waals surface area contributed by atoms with Gasteiger partial charge in [-0.2, -0.15) is 0 Å². The molecule has 1 aromatic carbocycles. The molecule has 3 rings (SSSR count). The fraction of sp³-hybridized carbons (Fsp3) is 0.807. The van der Waals surface area contributed by atoms with Gasteiger partial charge in [-0.25, -0.2) is 4.79 Å². The smallest absolute Gasteiger partial charge is 0.335 e. The Balaban J connectivity index is 1.04. The van der Waals surface area contributed by atoms with Gasteiger partial charge in [-0.3, -0.25) is 38.5 Å². The first-order valence-corrected chi connectivity index (χ1v) is 43.0. The summed E-state index contributed by atoms with van der Waals surface area (Å²) in [5.74, 6) is -6.56. The number of carbonyl (C=O) groups is 8. The van der Waals surface area contributed by atoms with Crippen LogP contribution in [0.4, 0.5) is 5.69 Å². The number of carboxylic acids is 1. The Morgan fingerprint density at radius 2 is 0.746 bits per heavy atom. The second kappa shape index (κ2) is 78.6. The first kappa shape index (κ1) is 114. The van der Waals surface area contributed by atoms with Crippen LogP contribution in [0.2, 0.25) is 0 Å². The van der Waals surface area contributed by atoms with Crippen molar-refractivity contribution >= 4 is 53.1 Å². The molecule has 43 heteroatoms. The number of nitrogens with zero attached hydrogens (tertiary/aromatic N) is 2. The number of carbonyl (C=O) groups excluding carboxylic acids is 7. The van der Waals surface area contributed by atoms with Crippen molar-refractivity contribution in [3.8, 4) is 0 Å². The maximum atomic E-state index is 13.7. The number of benzene rings is 1. The molecule has 1 aromatic rings. The van der Waals surface area contributed by atoms with Crippen LogP contribution in [-0.2, 0) is 175 Å². The van der Waals surface area contributed by atoms with Gasteiger partial charge in [0.05, 0.1) is 317 Å². The van der Waals surface area contributed by atoms with Crippen LogP contribution in [0.5, 0.6) is 0 Å². The largest absolute Gasteiger partial charge is 0.479 e. The van der Waals surface area contributed by atoms with Gasteiger partial charge in [0.2, 0.25) is 23.6 Å². The zero-order valence-electron chi connectivity index (χ0n) is 74.3. The highest BCUT2D eigenvalue weighted by molar-refractivity contribution is 6.14. The van der Waals surface area contributed by atoms with Crippen molar-refractivity contribution in [1.82, 2.24) is 20.4 Å². The van der Waals surface area contributed by atoms with Crippen LogP contribution in [0.25, 0.3) is 0 Å². The molecule has 7 N–H and O–H groups in total. The average Bonchev–Trinajstić information content (AvgIpc) is 0.973. The molecule has 0 aromatic heterocycles. The summed E-state index contributed by atoms with van der Waals surface area (Å²) in [6, 6.07) is 2.33. The number of imide groups is 1. The van der Waals surface area contributed by atoms with Gasteiger partial charge < -0.3 is 164 Å². The summed E-state index contributed by atoms with van der Waals surface area (Å²) in [6.07, 6.45) is -6.55. The lowest BCUT2D eigenvalue weighted by Crippen LogP contribution is -2.59. The normalized spacial score (nSPS) is 16.3. The van der Waals surface area contributed by atoms with Crippen LogP contribution in [-0.4, -0.2) is 457 Å². The van der Waals surface area contributed by atoms with Crippen molar-refractivity contribution in [2.75, 3.05) is 343 Å². The summed E-state index contributed by atoms with van der Waals surface area (Å²) in [4.78, 5) is 104. The molecule has 0 aliphatic carbocycles. The predicted molar refractivity (Wildman–Crippen MR) is 445 cm³/mol. The Bertz CT molecular complexity index is 2960. The highest BCUT2D eigenvalue weighted by atomic mass is 16.6. The highest BCUT2D eigenvalue weighted by Gasteiger charge is 2.46. The lowest BCUT2D eigenvalue weighted by Gasteiger charge is -2.39. The minimum atomic E-state index is -1.88. The molecule has 2 heterocycles. The van der Waals surface area contributed by atoms with E-state index in [2.05, 4.69) is 16.0 Å². The first-order valence-electron chi connectivity index (χ1n) is 43.0. The Hall–Kier alpha value is -6.20. The van der Waals surface area contributed by atoms with E-state index in [0.29, 0.717) is 295 Å². The molecular formula is C83H143N5O38. The number of amides is 6. The monoisotopic (exact) mass is 1820 g/mol. The van der Waals surface area contributed by atoms with Crippen LogP contribution < -0.4 is 16.0 Å². The Morgan fingerprint density at radius 1 is 0.421 bits per heavy atom. The summed E-state index contributed by atoms with van der Waals surface area (Å²) < 4.78 is 143. The maximum Gasteiger partial charge on any atom is 0.335 e. The quantitative estimate of drug-likeness (QED) is 0.0219. The predicted octanol–water partition coefficient (Wildman–Crippen LogP) is -1.63. The summed E-state index contributed by atoms with van der Waals surface area (Å²) in [6.45, 7) is 25.2. The van der Waals surface area contributed by atoms with Crippen LogP contribution in [0.3, 0.4) is 0 Å². The van der Waals surface area contributed by atoms with Crippen LogP contribution in [0, 0.1) is 5.92 Å². The van der Waals surface area contributed by atoms with Gasteiger partial charge in [0.15, 0.2) is 6.10 Å². The van der Waals surface area contributed by atoms with Gasteiger partial charge in [-0.1, -0.05) is 19.9 Å². The second-order valence-electron chi connectivity index (χ2n) is 28.0. The van der Waals surface area contributed by atoms with E-state index in [1.807, 2.05) is 0 Å². The van der Waals surface area contributed by atoms with Crippen LogP contribution >= 0.6 is 0 Å². The lowest BCUT2D eigenvalue weighted by molar-refractivity contribution is -0.228. The number of anilines is 1. The number of hydrogen-bond acceptors (Lipinski definition) is 37. The van der Waals surface area contributed by atoms with Crippen molar-refractivity contribution in [2.24, 2.45) is 5.92 Å². The van der Waals surface area contributed by atoms with Crippen LogP contribution in [0.15, 0.2) is 30.4 Å². The first-order chi connectivity index (χ1) is 61.3. The van der Waals surface area contributed by atoms with Gasteiger partial charge in [0.1, 0.15) is 43.5 Å². The van der Waals surface area contributed by atoms with Crippen molar-refractivity contribution < 1.29 is 182 Å². The van der Waals surface area contributed by atoms with Crippen molar-refractivity contribution in [2.45, 2.75) is 96.2 Å². The van der Waals surface area contributed by atoms with Crippen molar-refractivity contribution in [3.05, 3.63) is 41.5 Å². The molecule has 0 saturated carbocycles. The third-order valence-electron chi connectivity index (χ3n) is 17.9. The third-order valence-corrected chi connectivity index (χ3v) is 17.9. The fourth-order valence-electron chi connectivity index (χ4n) is 11.0. The highest BCUT2D eigenvalue weighted by Crippen LogP contribution is 2.27. The number of aliphatic hydroxyl groups excluding tert-OH is 3. The average molecular weight is 1820 g/mol. The molecule has 7 atom stereocenters. The molecule has 0 radical (unpaired) electrons. The van der Waals surface area contributed by atoms with E-state index in [-0.39, 0.29) is 71.1 Å². The standard InChI is InChI=1S/C83H143N5O38/c1-65(2)76(82(98)84-66(3)81(97)85-70-8-6-69(64-125-67(4)89)68(62-70)7-9-71-77(94)78(95)79(96)80(126-71)83(99)100)86-72(90)12-13-87(75(93)63-88-73(91)10-11-74(88)92)14-15-102-18-19-104-22-23-106-26-27-108-30-31-110-34-35-112-38-39-114-42-43-116-46-47-118-50-51-120-54-55-122-58-59-124-61-60-123-57-56-121-53-52-119-49-48-117-45-44-115-41-40-113-37-36-111-33-32-109-29-28-107-25-24-105-21-20-103-17-16-101-5/h6,8,10-11,62,65-66,71,76-80,94-96H,7,9,12-61,63-64H2,1-5H3,(H,84,98)(H,85,97)(H,86,90)(H,99,100)/t66-,71-,76-,77-,78+,79-,80-/m0/s1. The molecule has 1 fully saturated rings. The third kappa shape index (κ3) is 59.9. The number of aliphatic carboxylic acids is 1. The molecule has 6 amide bonds. The van der Waals surface area contributed by atoms with E-state index in [1.54, 1.807) is 33.1 Å². The summed E-state index contributed by atoms with van der Waals surface area (Å²) in [5, 5.41) is 48.5. The zero-order chi connectivity index (χ0) is 91.3. The van der Waals surface area contributed by atoms with Crippen molar-refractivity contribution in [1.29, 1.82) is 0 Å². The number of aryl methyl sites for hydroxylation is 1. The molecule has 2 aliphatic heterocycles. The van der Waals surface area contributed by atoms with Gasteiger partial charge >= 0.3 is 11.9 Å². The number of nitrogens with one attached hydrogen (secondary N) is 3. The Morgan fingerprint density at radius 3 is 1.06 bits per heavy atom.